The van der Waals surface area contributed by atoms with Crippen LogP contribution in [0.5, 0.6) is 0 Å². The van der Waals surface area contributed by atoms with E-state index in [2.05, 4.69) is 20.6 Å². The highest BCUT2D eigenvalue weighted by atomic mass is 35.5. The van der Waals surface area contributed by atoms with Gasteiger partial charge in [-0.3, -0.25) is 0 Å². The average Bonchev–Trinajstić information content (AvgIpc) is 3.35. The fourth-order valence-corrected chi connectivity index (χ4v) is 4.50. The van der Waals surface area contributed by atoms with E-state index in [4.69, 9.17) is 9.97 Å². The summed E-state index contributed by atoms with van der Waals surface area (Å²) in [5, 5.41) is 6.65. The van der Waals surface area contributed by atoms with Gasteiger partial charge in [0.05, 0.1) is 28.7 Å². The van der Waals surface area contributed by atoms with Crippen molar-refractivity contribution in [3.05, 3.63) is 83.8 Å². The van der Waals surface area contributed by atoms with E-state index < -0.39 is 11.7 Å². The molecule has 5 rings (SSSR count). The summed E-state index contributed by atoms with van der Waals surface area (Å²) in [4.78, 5) is 17.3. The Morgan fingerprint density at radius 2 is 1.73 bits per heavy atom. The zero-order chi connectivity index (χ0) is 25.1. The van der Waals surface area contributed by atoms with Crippen molar-refractivity contribution in [1.82, 2.24) is 25.3 Å². The lowest BCUT2D eigenvalue weighted by Crippen LogP contribution is -2.27. The van der Waals surface area contributed by atoms with Crippen LogP contribution in [0.4, 0.5) is 19.1 Å². The molecule has 1 fully saturated rings. The van der Waals surface area contributed by atoms with Crippen molar-refractivity contribution in [2.24, 2.45) is 0 Å². The van der Waals surface area contributed by atoms with E-state index in [1.54, 1.807) is 18.3 Å². The second kappa shape index (κ2) is 11.3. The van der Waals surface area contributed by atoms with Crippen LogP contribution in [0.2, 0.25) is 0 Å². The largest absolute Gasteiger partial charge is 0.416 e. The Bertz CT molecular complexity index is 1320. The van der Waals surface area contributed by atoms with Crippen molar-refractivity contribution in [2.75, 3.05) is 18.4 Å². The molecule has 194 valence electrons. The van der Waals surface area contributed by atoms with Crippen LogP contribution < -0.4 is 10.6 Å². The first-order chi connectivity index (χ1) is 17.4. The maximum atomic E-state index is 13.5. The van der Waals surface area contributed by atoms with Gasteiger partial charge in [-0.15, -0.1) is 12.4 Å². The molecule has 0 radical (unpaired) electrons. The number of hydrogen-bond acceptors (Lipinski definition) is 5. The minimum Gasteiger partial charge on any atom is -0.348 e. The van der Waals surface area contributed by atoms with E-state index in [-0.39, 0.29) is 24.4 Å². The Kier molecular flexibility index (Phi) is 8.14. The van der Waals surface area contributed by atoms with Crippen LogP contribution in [0.3, 0.4) is 0 Å². The third-order valence-corrected chi connectivity index (χ3v) is 6.47. The summed E-state index contributed by atoms with van der Waals surface area (Å²) in [7, 11) is 0. The zero-order valence-electron chi connectivity index (χ0n) is 20.2. The fourth-order valence-electron chi connectivity index (χ4n) is 4.50. The number of rotatable bonds is 6. The summed E-state index contributed by atoms with van der Waals surface area (Å²) < 4.78 is 40.4. The molecule has 0 spiro atoms. The normalized spacial score (nSPS) is 15.1. The molecule has 2 aromatic heterocycles. The van der Waals surface area contributed by atoms with Crippen LogP contribution in [0.15, 0.2) is 66.9 Å². The summed E-state index contributed by atoms with van der Waals surface area (Å²) in [6, 6.07) is 16.9. The van der Waals surface area contributed by atoms with Crippen LogP contribution in [-0.2, 0) is 6.18 Å². The third-order valence-electron chi connectivity index (χ3n) is 6.47. The van der Waals surface area contributed by atoms with Gasteiger partial charge < -0.3 is 15.6 Å². The molecular formula is C27H28ClF3N6. The number of benzene rings is 2. The van der Waals surface area contributed by atoms with Gasteiger partial charge in [0.15, 0.2) is 0 Å². The van der Waals surface area contributed by atoms with Gasteiger partial charge in [-0.05, 0) is 56.6 Å². The number of alkyl halides is 3. The summed E-state index contributed by atoms with van der Waals surface area (Å²) in [5.41, 5.74) is 2.37. The van der Waals surface area contributed by atoms with E-state index in [0.29, 0.717) is 28.6 Å². The number of aromatic nitrogens is 4. The number of anilines is 1. The lowest BCUT2D eigenvalue weighted by molar-refractivity contribution is -0.137. The second-order valence-electron chi connectivity index (χ2n) is 8.99. The summed E-state index contributed by atoms with van der Waals surface area (Å²) in [5.74, 6) is 1.39. The van der Waals surface area contributed by atoms with Crippen LogP contribution in [0, 0.1) is 0 Å². The van der Waals surface area contributed by atoms with Crippen LogP contribution in [0.1, 0.15) is 48.7 Å². The smallest absolute Gasteiger partial charge is 0.348 e. The summed E-state index contributed by atoms with van der Waals surface area (Å²) in [6.45, 7) is 3.77. The highest BCUT2D eigenvalue weighted by molar-refractivity contribution is 5.85. The van der Waals surface area contributed by atoms with Crippen molar-refractivity contribution in [1.29, 1.82) is 0 Å². The SMILES string of the molecule is C[C@@H](Nc1nccc(-c2[nH]c(C3CCNCC3)nc2-c2cccc(C(F)(F)F)c2)n1)c1ccccc1.Cl. The van der Waals surface area contributed by atoms with E-state index >= 15 is 0 Å². The number of H-pyrrole nitrogens is 1. The van der Waals surface area contributed by atoms with Gasteiger partial charge in [0.1, 0.15) is 5.82 Å². The van der Waals surface area contributed by atoms with Gasteiger partial charge in [0, 0.05) is 17.7 Å². The molecule has 6 nitrogen and oxygen atoms in total. The molecule has 0 bridgehead atoms. The number of nitrogens with zero attached hydrogens (tertiary/aromatic N) is 3. The van der Waals surface area contributed by atoms with E-state index in [1.165, 1.54) is 6.07 Å². The van der Waals surface area contributed by atoms with Crippen LogP contribution >= 0.6 is 12.4 Å². The first-order valence-electron chi connectivity index (χ1n) is 12.0. The molecule has 1 aliphatic rings. The van der Waals surface area contributed by atoms with Crippen LogP contribution in [-0.4, -0.2) is 33.0 Å². The maximum Gasteiger partial charge on any atom is 0.416 e. The van der Waals surface area contributed by atoms with Crippen molar-refractivity contribution >= 4 is 18.4 Å². The van der Waals surface area contributed by atoms with Crippen molar-refractivity contribution in [3.63, 3.8) is 0 Å². The second-order valence-corrected chi connectivity index (χ2v) is 8.99. The Morgan fingerprint density at radius 3 is 2.46 bits per heavy atom. The van der Waals surface area contributed by atoms with Crippen molar-refractivity contribution in [2.45, 2.75) is 37.9 Å². The van der Waals surface area contributed by atoms with Gasteiger partial charge in [-0.25, -0.2) is 15.0 Å². The zero-order valence-corrected chi connectivity index (χ0v) is 21.0. The van der Waals surface area contributed by atoms with Crippen molar-refractivity contribution < 1.29 is 13.2 Å². The predicted molar refractivity (Wildman–Crippen MR) is 141 cm³/mol. The molecule has 3 heterocycles. The topological polar surface area (TPSA) is 78.5 Å². The Labute approximate surface area is 219 Å². The van der Waals surface area contributed by atoms with Crippen LogP contribution in [0.25, 0.3) is 22.6 Å². The molecule has 0 unspecified atom stereocenters. The number of hydrogen-bond donors (Lipinski definition) is 3. The van der Waals surface area contributed by atoms with Gasteiger partial charge >= 0.3 is 6.18 Å². The third kappa shape index (κ3) is 6.11. The molecule has 0 amide bonds. The molecule has 1 atom stereocenters. The first-order valence-corrected chi connectivity index (χ1v) is 12.0. The number of halogens is 4. The minimum atomic E-state index is -4.44. The lowest BCUT2D eigenvalue weighted by Gasteiger charge is -2.20. The van der Waals surface area contributed by atoms with E-state index in [9.17, 15) is 13.2 Å². The molecule has 1 saturated heterocycles. The number of aromatic amines is 1. The minimum absolute atomic E-state index is 0. The standard InChI is InChI=1S/C27H27F3N6.ClH/c1-17(18-6-3-2-4-7-18)33-26-32-15-12-22(34-26)24-23(20-8-5-9-21(16-20)27(28,29)30)35-25(36-24)19-10-13-31-14-11-19;/h2-9,12,15-17,19,31H,10-11,13-14H2,1H3,(H,35,36)(H,32,33,34);1H/t17-;/m1./s1. The quantitative estimate of drug-likeness (QED) is 0.262. The molecule has 4 aromatic rings. The van der Waals surface area contributed by atoms with Gasteiger partial charge in [-0.2, -0.15) is 13.2 Å². The number of imidazole rings is 1. The molecule has 37 heavy (non-hydrogen) atoms. The molecule has 3 N–H and O–H groups in total. The van der Waals surface area contributed by atoms with E-state index in [0.717, 1.165) is 49.5 Å². The molecule has 0 aliphatic carbocycles. The fraction of sp³-hybridized carbons (Fsp3) is 0.296. The monoisotopic (exact) mass is 528 g/mol. The van der Waals surface area contributed by atoms with Gasteiger partial charge in [-0.1, -0.05) is 42.5 Å². The maximum absolute atomic E-state index is 13.5. The molecule has 10 heteroatoms. The molecule has 1 aliphatic heterocycles. The molecular weight excluding hydrogens is 501 g/mol. The molecule has 0 saturated carbocycles. The lowest BCUT2D eigenvalue weighted by atomic mass is 9.98. The van der Waals surface area contributed by atoms with Crippen molar-refractivity contribution in [3.8, 4) is 22.6 Å². The predicted octanol–water partition coefficient (Wildman–Crippen LogP) is 6.61. The highest BCUT2D eigenvalue weighted by Gasteiger charge is 2.31. The Morgan fingerprint density at radius 1 is 0.973 bits per heavy atom. The summed E-state index contributed by atoms with van der Waals surface area (Å²) in [6.07, 6.45) is -0.992. The number of piperidine rings is 1. The first kappa shape index (κ1) is 26.6. The Balaban J connectivity index is 0.00000320. The van der Waals surface area contributed by atoms with Gasteiger partial charge in [0.2, 0.25) is 5.95 Å². The van der Waals surface area contributed by atoms with E-state index in [1.807, 2.05) is 37.3 Å². The Hall–Kier alpha value is -3.43. The molecule has 2 aromatic carbocycles. The summed E-state index contributed by atoms with van der Waals surface area (Å²) >= 11 is 0. The number of nitrogens with one attached hydrogen (secondary N) is 3. The van der Waals surface area contributed by atoms with Gasteiger partial charge in [0.25, 0.3) is 0 Å². The highest BCUT2D eigenvalue weighted by Crippen LogP contribution is 2.36. The average molecular weight is 529 g/mol.